The highest BCUT2D eigenvalue weighted by Gasteiger charge is 2.44. The maximum absolute atomic E-state index is 7.53. The number of hydrogen-bond acceptors (Lipinski definition) is 7. The number of hydrogen-bond donors (Lipinski definition) is 2. The summed E-state index contributed by atoms with van der Waals surface area (Å²) in [6.45, 7) is 2.81. The predicted molar refractivity (Wildman–Crippen MR) is 114 cm³/mol. The van der Waals surface area contributed by atoms with Crippen molar-refractivity contribution < 1.29 is 4.74 Å². The Hall–Kier alpha value is -3.00. The van der Waals surface area contributed by atoms with E-state index in [0.29, 0.717) is 12.2 Å². The van der Waals surface area contributed by atoms with Gasteiger partial charge in [0.05, 0.1) is 12.3 Å². The van der Waals surface area contributed by atoms with Crippen LogP contribution in [0.15, 0.2) is 30.7 Å². The average molecular weight is 407 g/mol. The van der Waals surface area contributed by atoms with Crippen molar-refractivity contribution in [3.63, 3.8) is 0 Å². The number of nitrogens with zero attached hydrogens (tertiary/aromatic N) is 4. The normalized spacial score (nSPS) is 17.1. The third kappa shape index (κ3) is 2.86. The van der Waals surface area contributed by atoms with Crippen LogP contribution in [0.5, 0.6) is 5.75 Å². The fourth-order valence-electron chi connectivity index (χ4n) is 3.96. The molecular formula is C21H22N6OS. The zero-order chi connectivity index (χ0) is 20.0. The zero-order valence-corrected chi connectivity index (χ0v) is 17.0. The Morgan fingerprint density at radius 2 is 2.28 bits per heavy atom. The second-order valence-corrected chi connectivity index (χ2v) is 8.55. The van der Waals surface area contributed by atoms with Crippen molar-refractivity contribution in [1.29, 1.82) is 5.41 Å². The molecule has 0 bridgehead atoms. The SMILES string of the molecule is CCC1(n2cnnc2-c2nc3c(s2)CCOc2cc(/C(C=N)=C/N)ccc2-3)CC1. The second kappa shape index (κ2) is 6.81. The Balaban J connectivity index is 1.59. The van der Waals surface area contributed by atoms with Crippen molar-refractivity contribution in [3.05, 3.63) is 41.2 Å². The minimum Gasteiger partial charge on any atom is -0.492 e. The number of nitrogens with one attached hydrogen (secondary N) is 1. The highest BCUT2D eigenvalue weighted by Crippen LogP contribution is 2.49. The van der Waals surface area contributed by atoms with E-state index >= 15 is 0 Å². The molecular weight excluding hydrogens is 384 g/mol. The van der Waals surface area contributed by atoms with Crippen molar-refractivity contribution in [3.8, 4) is 27.8 Å². The van der Waals surface area contributed by atoms with Gasteiger partial charge in [0, 0.05) is 40.4 Å². The lowest BCUT2D eigenvalue weighted by atomic mass is 10.0. The van der Waals surface area contributed by atoms with E-state index in [1.807, 2.05) is 24.5 Å². The number of fused-ring (bicyclic) bond motifs is 3. The maximum atomic E-state index is 7.53. The van der Waals surface area contributed by atoms with Gasteiger partial charge in [0.1, 0.15) is 12.1 Å². The molecule has 1 fully saturated rings. The summed E-state index contributed by atoms with van der Waals surface area (Å²) in [6, 6.07) is 5.90. The third-order valence-electron chi connectivity index (χ3n) is 5.92. The van der Waals surface area contributed by atoms with E-state index in [2.05, 4.69) is 21.7 Å². The molecule has 148 valence electrons. The lowest BCUT2D eigenvalue weighted by molar-refractivity contribution is 0.327. The van der Waals surface area contributed by atoms with E-state index in [1.54, 1.807) is 11.3 Å². The third-order valence-corrected chi connectivity index (χ3v) is 7.04. The molecule has 1 aromatic carbocycles. The molecule has 0 radical (unpaired) electrons. The number of aromatic nitrogens is 4. The van der Waals surface area contributed by atoms with Crippen molar-refractivity contribution in [1.82, 2.24) is 19.7 Å². The van der Waals surface area contributed by atoms with Gasteiger partial charge in [0.2, 0.25) is 0 Å². The monoisotopic (exact) mass is 406 g/mol. The molecule has 5 rings (SSSR count). The molecule has 29 heavy (non-hydrogen) atoms. The second-order valence-electron chi connectivity index (χ2n) is 7.47. The van der Waals surface area contributed by atoms with Gasteiger partial charge in [-0.3, -0.25) is 0 Å². The van der Waals surface area contributed by atoms with Gasteiger partial charge in [-0.25, -0.2) is 4.98 Å². The molecule has 1 aliphatic carbocycles. The summed E-state index contributed by atoms with van der Waals surface area (Å²) in [5.74, 6) is 1.63. The number of benzene rings is 1. The van der Waals surface area contributed by atoms with Gasteiger partial charge in [0.25, 0.3) is 0 Å². The Labute approximate surface area is 172 Å². The number of allylic oxidation sites excluding steroid dienone is 1. The molecule has 0 amide bonds. The number of rotatable bonds is 5. The van der Waals surface area contributed by atoms with Crippen LogP contribution in [0, 0.1) is 5.41 Å². The van der Waals surface area contributed by atoms with Crippen LogP contribution >= 0.6 is 11.3 Å². The van der Waals surface area contributed by atoms with Crippen LogP contribution in [0.1, 0.15) is 36.6 Å². The Kier molecular flexibility index (Phi) is 4.24. The van der Waals surface area contributed by atoms with Crippen LogP contribution in [-0.2, 0) is 12.0 Å². The molecule has 1 aliphatic heterocycles. The van der Waals surface area contributed by atoms with Crippen molar-refractivity contribution in [2.24, 2.45) is 5.73 Å². The van der Waals surface area contributed by atoms with Gasteiger partial charge in [-0.2, -0.15) is 0 Å². The summed E-state index contributed by atoms with van der Waals surface area (Å²) in [4.78, 5) is 6.17. The zero-order valence-electron chi connectivity index (χ0n) is 16.2. The van der Waals surface area contributed by atoms with Crippen molar-refractivity contribution in [2.45, 2.75) is 38.1 Å². The minimum absolute atomic E-state index is 0.162. The Bertz CT molecular complexity index is 1120. The smallest absolute Gasteiger partial charge is 0.193 e. The number of thiazole rings is 1. The van der Waals surface area contributed by atoms with E-state index in [0.717, 1.165) is 46.2 Å². The van der Waals surface area contributed by atoms with E-state index in [-0.39, 0.29) is 5.54 Å². The number of nitrogens with two attached hydrogens (primary N) is 1. The first-order chi connectivity index (χ1) is 14.2. The van der Waals surface area contributed by atoms with E-state index in [1.165, 1.54) is 30.1 Å². The van der Waals surface area contributed by atoms with Gasteiger partial charge in [-0.15, -0.1) is 21.5 Å². The van der Waals surface area contributed by atoms with Crippen molar-refractivity contribution >= 4 is 23.1 Å². The Morgan fingerprint density at radius 1 is 1.41 bits per heavy atom. The van der Waals surface area contributed by atoms with Gasteiger partial charge in [0.15, 0.2) is 10.8 Å². The first kappa shape index (κ1) is 18.1. The molecule has 0 saturated heterocycles. The molecule has 0 atom stereocenters. The summed E-state index contributed by atoms with van der Waals surface area (Å²) in [6.07, 6.45) is 8.75. The van der Waals surface area contributed by atoms with Gasteiger partial charge < -0.3 is 20.4 Å². The molecule has 2 aliphatic rings. The minimum atomic E-state index is 0.162. The Morgan fingerprint density at radius 3 is 3.00 bits per heavy atom. The predicted octanol–water partition coefficient (Wildman–Crippen LogP) is 3.85. The van der Waals surface area contributed by atoms with Crippen LogP contribution in [0.2, 0.25) is 0 Å². The van der Waals surface area contributed by atoms with Crippen molar-refractivity contribution in [2.75, 3.05) is 6.61 Å². The van der Waals surface area contributed by atoms with E-state index < -0.39 is 0 Å². The number of ether oxygens (including phenoxy) is 1. The summed E-state index contributed by atoms with van der Waals surface area (Å²) in [5, 5.41) is 17.0. The van der Waals surface area contributed by atoms with Crippen LogP contribution in [0.3, 0.4) is 0 Å². The maximum Gasteiger partial charge on any atom is 0.193 e. The molecule has 7 nitrogen and oxygen atoms in total. The molecule has 0 spiro atoms. The molecule has 1 saturated carbocycles. The molecule has 3 N–H and O–H groups in total. The first-order valence-electron chi connectivity index (χ1n) is 9.79. The summed E-state index contributed by atoms with van der Waals surface area (Å²) >= 11 is 1.68. The van der Waals surface area contributed by atoms with E-state index in [9.17, 15) is 0 Å². The highest BCUT2D eigenvalue weighted by molar-refractivity contribution is 7.15. The van der Waals surface area contributed by atoms with E-state index in [4.69, 9.17) is 20.9 Å². The van der Waals surface area contributed by atoms with Gasteiger partial charge in [-0.1, -0.05) is 13.0 Å². The standard InChI is InChI=1S/C21H22N6OS/c1-2-21(6-7-21)27-12-24-26-19(27)20-25-18-15-4-3-13(14(10-22)11-23)9-16(15)28-8-5-17(18)29-20/h3-4,9-12,22H,2,5-8,23H2,1H3/b14-11+,22-10?. The first-order valence-corrected chi connectivity index (χ1v) is 10.6. The fourth-order valence-corrected chi connectivity index (χ4v) is 5.00. The lowest BCUT2D eigenvalue weighted by Gasteiger charge is -2.15. The topological polar surface area (TPSA) is 103 Å². The largest absolute Gasteiger partial charge is 0.492 e. The fraction of sp³-hybridized carbons (Fsp3) is 0.333. The van der Waals surface area contributed by atoms with Crippen LogP contribution < -0.4 is 10.5 Å². The summed E-state index contributed by atoms with van der Waals surface area (Å²) in [7, 11) is 0. The summed E-state index contributed by atoms with van der Waals surface area (Å²) < 4.78 is 8.21. The molecule has 3 heterocycles. The quantitative estimate of drug-likeness (QED) is 0.627. The summed E-state index contributed by atoms with van der Waals surface area (Å²) in [5.41, 5.74) is 9.24. The molecule has 0 unspecified atom stereocenters. The average Bonchev–Trinajstić information content (AvgIpc) is 3.24. The lowest BCUT2D eigenvalue weighted by Crippen LogP contribution is -2.16. The van der Waals surface area contributed by atoms with Crippen LogP contribution in [0.25, 0.3) is 27.7 Å². The molecule has 3 aromatic rings. The van der Waals surface area contributed by atoms with Gasteiger partial charge >= 0.3 is 0 Å². The highest BCUT2D eigenvalue weighted by atomic mass is 32.1. The molecule has 2 aromatic heterocycles. The van der Waals surface area contributed by atoms with Crippen LogP contribution in [-0.4, -0.2) is 32.6 Å². The van der Waals surface area contributed by atoms with Gasteiger partial charge in [-0.05, 0) is 37.0 Å². The molecule has 8 heteroatoms. The van der Waals surface area contributed by atoms with Crippen LogP contribution in [0.4, 0.5) is 0 Å².